The van der Waals surface area contributed by atoms with Crippen molar-refractivity contribution in [3.05, 3.63) is 35.9 Å². The van der Waals surface area contributed by atoms with E-state index in [1.165, 1.54) is 18.4 Å². The molecule has 0 aliphatic heterocycles. The molecule has 0 bridgehead atoms. The normalized spacial score (nSPS) is 21.6. The van der Waals surface area contributed by atoms with E-state index in [1.807, 2.05) is 18.2 Å². The summed E-state index contributed by atoms with van der Waals surface area (Å²) in [6, 6.07) is 10.7. The highest BCUT2D eigenvalue weighted by molar-refractivity contribution is 5.91. The van der Waals surface area contributed by atoms with Crippen LogP contribution in [0.4, 0.5) is 0 Å². The fourth-order valence-corrected chi connectivity index (χ4v) is 3.15. The second-order valence-electron chi connectivity index (χ2n) is 6.53. The third-order valence-electron chi connectivity index (χ3n) is 4.81. The zero-order valence-corrected chi connectivity index (χ0v) is 12.4. The lowest BCUT2D eigenvalue weighted by Crippen LogP contribution is -2.44. The number of hydrogen-bond donors (Lipinski definition) is 1. The van der Waals surface area contributed by atoms with Crippen LogP contribution < -0.4 is 5.32 Å². The minimum absolute atomic E-state index is 0.219. The van der Waals surface area contributed by atoms with Gasteiger partial charge in [0.15, 0.2) is 0 Å². The van der Waals surface area contributed by atoms with Gasteiger partial charge in [0.2, 0.25) is 5.91 Å². The Hall–Kier alpha value is -1.35. The summed E-state index contributed by atoms with van der Waals surface area (Å²) in [5.74, 6) is 0.994. The zero-order chi connectivity index (χ0) is 14.2. The van der Waals surface area contributed by atoms with Crippen LogP contribution in [0.1, 0.15) is 31.2 Å². The molecule has 2 aliphatic rings. The molecule has 0 aromatic heterocycles. The van der Waals surface area contributed by atoms with Crippen LogP contribution in [0.25, 0.3) is 0 Å². The zero-order valence-electron chi connectivity index (χ0n) is 12.4. The molecule has 0 saturated heterocycles. The van der Waals surface area contributed by atoms with Crippen molar-refractivity contribution >= 4 is 5.91 Å². The molecule has 3 nitrogen and oxygen atoms in total. The lowest BCUT2D eigenvalue weighted by atomic mass is 9.95. The Morgan fingerprint density at radius 1 is 1.30 bits per heavy atom. The highest BCUT2D eigenvalue weighted by Gasteiger charge is 2.51. The van der Waals surface area contributed by atoms with Gasteiger partial charge in [-0.1, -0.05) is 30.3 Å². The van der Waals surface area contributed by atoms with Crippen LogP contribution in [-0.2, 0) is 10.2 Å². The molecule has 0 heterocycles. The largest absolute Gasteiger partial charge is 0.354 e. The number of likely N-dealkylation sites (N-methyl/N-ethyl adjacent to an activating group) is 1. The molecule has 2 aliphatic carbocycles. The Bertz CT molecular complexity index is 473. The summed E-state index contributed by atoms with van der Waals surface area (Å²) in [4.78, 5) is 14.8. The van der Waals surface area contributed by atoms with Crippen LogP contribution in [-0.4, -0.2) is 37.5 Å². The molecule has 1 N–H and O–H groups in total. The van der Waals surface area contributed by atoms with Gasteiger partial charge >= 0.3 is 0 Å². The number of nitrogens with zero attached hydrogens (tertiary/aromatic N) is 1. The molecule has 1 aromatic rings. The van der Waals surface area contributed by atoms with Gasteiger partial charge in [-0.25, -0.2) is 0 Å². The average molecular weight is 272 g/mol. The first-order chi connectivity index (χ1) is 9.63. The summed E-state index contributed by atoms with van der Waals surface area (Å²) in [5.41, 5.74) is 0.937. The molecule has 2 fully saturated rings. The minimum Gasteiger partial charge on any atom is -0.354 e. The van der Waals surface area contributed by atoms with E-state index < -0.39 is 0 Å². The molecule has 20 heavy (non-hydrogen) atoms. The van der Waals surface area contributed by atoms with Gasteiger partial charge in [0.25, 0.3) is 0 Å². The van der Waals surface area contributed by atoms with Gasteiger partial charge in [-0.2, -0.15) is 0 Å². The molecule has 0 radical (unpaired) electrons. The molecule has 3 heteroatoms. The van der Waals surface area contributed by atoms with Crippen molar-refractivity contribution in [2.45, 2.75) is 37.1 Å². The van der Waals surface area contributed by atoms with Crippen molar-refractivity contribution in [2.24, 2.45) is 5.92 Å². The van der Waals surface area contributed by atoms with E-state index in [9.17, 15) is 4.79 Å². The van der Waals surface area contributed by atoms with Crippen molar-refractivity contribution in [1.82, 2.24) is 10.2 Å². The second-order valence-corrected chi connectivity index (χ2v) is 6.53. The van der Waals surface area contributed by atoms with Gasteiger partial charge < -0.3 is 10.2 Å². The molecule has 2 saturated carbocycles. The van der Waals surface area contributed by atoms with Gasteiger partial charge in [-0.3, -0.25) is 4.79 Å². The standard InChI is InChI=1S/C17H24N2O/c1-19(2)15(13-8-9-13)12-18-16(20)17(10-11-17)14-6-4-3-5-7-14/h3-7,13,15H,8-12H2,1-2H3,(H,18,20)/t15-/m0/s1. The summed E-state index contributed by atoms with van der Waals surface area (Å²) in [6.07, 6.45) is 4.59. The Morgan fingerprint density at radius 2 is 1.95 bits per heavy atom. The van der Waals surface area contributed by atoms with E-state index in [2.05, 4.69) is 36.4 Å². The lowest BCUT2D eigenvalue weighted by Gasteiger charge is -2.25. The summed E-state index contributed by atoms with van der Waals surface area (Å²) in [7, 11) is 4.22. The molecule has 3 rings (SSSR count). The maximum Gasteiger partial charge on any atom is 0.230 e. The highest BCUT2D eigenvalue weighted by atomic mass is 16.2. The highest BCUT2D eigenvalue weighted by Crippen LogP contribution is 2.48. The van der Waals surface area contributed by atoms with Crippen LogP contribution in [0.2, 0.25) is 0 Å². The van der Waals surface area contributed by atoms with Crippen LogP contribution in [0.5, 0.6) is 0 Å². The number of amides is 1. The summed E-state index contributed by atoms with van der Waals surface area (Å²) in [5, 5.41) is 3.21. The van der Waals surface area contributed by atoms with Crippen LogP contribution in [0, 0.1) is 5.92 Å². The topological polar surface area (TPSA) is 32.3 Å². The first-order valence-corrected chi connectivity index (χ1v) is 7.64. The SMILES string of the molecule is CN(C)[C@@H](CNC(=O)C1(c2ccccc2)CC1)C1CC1. The van der Waals surface area contributed by atoms with E-state index in [4.69, 9.17) is 0 Å². The molecular weight excluding hydrogens is 248 g/mol. The smallest absolute Gasteiger partial charge is 0.230 e. The van der Waals surface area contributed by atoms with Gasteiger partial charge in [0.1, 0.15) is 0 Å². The van der Waals surface area contributed by atoms with Gasteiger partial charge in [0.05, 0.1) is 5.41 Å². The first kappa shape index (κ1) is 13.6. The summed E-state index contributed by atoms with van der Waals surface area (Å²) in [6.45, 7) is 0.783. The Labute approximate surface area is 121 Å². The van der Waals surface area contributed by atoms with Crippen molar-refractivity contribution in [2.75, 3.05) is 20.6 Å². The Kier molecular flexibility index (Phi) is 3.55. The molecule has 1 amide bonds. The minimum atomic E-state index is -0.234. The molecule has 1 aromatic carbocycles. The monoisotopic (exact) mass is 272 g/mol. The molecule has 1 atom stereocenters. The van der Waals surface area contributed by atoms with Crippen molar-refractivity contribution in [3.63, 3.8) is 0 Å². The van der Waals surface area contributed by atoms with E-state index in [0.717, 1.165) is 25.3 Å². The van der Waals surface area contributed by atoms with E-state index >= 15 is 0 Å². The van der Waals surface area contributed by atoms with Crippen molar-refractivity contribution < 1.29 is 4.79 Å². The molecule has 108 valence electrons. The fraction of sp³-hybridized carbons (Fsp3) is 0.588. The number of hydrogen-bond acceptors (Lipinski definition) is 2. The summed E-state index contributed by atoms with van der Waals surface area (Å²) >= 11 is 0. The summed E-state index contributed by atoms with van der Waals surface area (Å²) < 4.78 is 0. The van der Waals surface area contributed by atoms with Gasteiger partial charge in [-0.15, -0.1) is 0 Å². The predicted octanol–water partition coefficient (Wildman–Crippen LogP) is 2.17. The number of carbonyl (C=O) groups excluding carboxylic acids is 1. The Morgan fingerprint density at radius 3 is 2.45 bits per heavy atom. The van der Waals surface area contributed by atoms with Crippen LogP contribution >= 0.6 is 0 Å². The lowest BCUT2D eigenvalue weighted by molar-refractivity contribution is -0.123. The number of carbonyl (C=O) groups is 1. The van der Waals surface area contributed by atoms with Crippen molar-refractivity contribution in [1.29, 1.82) is 0 Å². The molecule has 0 unspecified atom stereocenters. The fourth-order valence-electron chi connectivity index (χ4n) is 3.15. The Balaban J connectivity index is 1.62. The quantitative estimate of drug-likeness (QED) is 0.861. The van der Waals surface area contributed by atoms with Crippen LogP contribution in [0.3, 0.4) is 0 Å². The van der Waals surface area contributed by atoms with Gasteiger partial charge in [-0.05, 0) is 51.3 Å². The van der Waals surface area contributed by atoms with E-state index in [0.29, 0.717) is 6.04 Å². The molecule has 0 spiro atoms. The maximum atomic E-state index is 12.6. The number of benzene rings is 1. The van der Waals surface area contributed by atoms with Crippen molar-refractivity contribution in [3.8, 4) is 0 Å². The number of nitrogens with one attached hydrogen (secondary N) is 1. The third kappa shape index (κ3) is 2.59. The second kappa shape index (κ2) is 5.21. The third-order valence-corrected chi connectivity index (χ3v) is 4.81. The average Bonchev–Trinajstić information content (AvgIpc) is 3.33. The first-order valence-electron chi connectivity index (χ1n) is 7.64. The number of rotatable bonds is 6. The molecular formula is C17H24N2O. The maximum absolute atomic E-state index is 12.6. The van der Waals surface area contributed by atoms with Gasteiger partial charge in [0, 0.05) is 12.6 Å². The predicted molar refractivity (Wildman–Crippen MR) is 80.6 cm³/mol. The van der Waals surface area contributed by atoms with E-state index in [-0.39, 0.29) is 11.3 Å². The van der Waals surface area contributed by atoms with Crippen LogP contribution in [0.15, 0.2) is 30.3 Å². The van der Waals surface area contributed by atoms with E-state index in [1.54, 1.807) is 0 Å².